The van der Waals surface area contributed by atoms with E-state index in [1.165, 1.54) is 0 Å². The Labute approximate surface area is 172 Å². The number of aryl methyl sites for hydroxylation is 1. The van der Waals surface area contributed by atoms with Gasteiger partial charge in [0.05, 0.1) is 5.56 Å². The van der Waals surface area contributed by atoms with E-state index >= 15 is 0 Å². The summed E-state index contributed by atoms with van der Waals surface area (Å²) in [4.78, 5) is 33.6. The van der Waals surface area contributed by atoms with Crippen molar-refractivity contribution in [3.63, 3.8) is 0 Å². The predicted molar refractivity (Wildman–Crippen MR) is 111 cm³/mol. The van der Waals surface area contributed by atoms with Crippen molar-refractivity contribution in [3.8, 4) is 0 Å². The van der Waals surface area contributed by atoms with Crippen LogP contribution in [0.5, 0.6) is 0 Å². The van der Waals surface area contributed by atoms with Crippen LogP contribution in [0.25, 0.3) is 0 Å². The number of amides is 2. The van der Waals surface area contributed by atoms with Gasteiger partial charge in [-0.25, -0.2) is 0 Å². The van der Waals surface area contributed by atoms with Crippen LogP contribution in [0, 0.1) is 19.3 Å². The molecule has 1 spiro atoms. The van der Waals surface area contributed by atoms with Crippen molar-refractivity contribution in [3.05, 3.63) is 53.1 Å². The molecule has 6 nitrogen and oxygen atoms in total. The maximum Gasteiger partial charge on any atom is 0.255 e. The van der Waals surface area contributed by atoms with Crippen LogP contribution in [-0.4, -0.2) is 50.8 Å². The van der Waals surface area contributed by atoms with Crippen molar-refractivity contribution in [1.29, 1.82) is 0 Å². The molecule has 0 radical (unpaired) electrons. The molecule has 2 aliphatic heterocycles. The molecule has 6 heteroatoms. The molecule has 0 bridgehead atoms. The fourth-order valence-corrected chi connectivity index (χ4v) is 4.79. The first-order valence-corrected chi connectivity index (χ1v) is 10.5. The lowest BCUT2D eigenvalue weighted by molar-refractivity contribution is -0.139. The van der Waals surface area contributed by atoms with Crippen LogP contribution in [0.15, 0.2) is 30.6 Å². The number of aromatic nitrogens is 2. The van der Waals surface area contributed by atoms with Gasteiger partial charge in [0.2, 0.25) is 5.91 Å². The molecule has 0 saturated carbocycles. The molecular weight excluding hydrogens is 364 g/mol. The third-order valence-corrected chi connectivity index (χ3v) is 6.99. The Morgan fingerprint density at radius 2 is 1.83 bits per heavy atom. The van der Waals surface area contributed by atoms with Crippen molar-refractivity contribution < 1.29 is 9.59 Å². The van der Waals surface area contributed by atoms with Gasteiger partial charge in [0.1, 0.15) is 0 Å². The Morgan fingerprint density at radius 3 is 2.45 bits per heavy atom. The van der Waals surface area contributed by atoms with Crippen LogP contribution in [0.2, 0.25) is 0 Å². The molecule has 29 heavy (non-hydrogen) atoms. The van der Waals surface area contributed by atoms with E-state index in [2.05, 4.69) is 9.55 Å². The largest absolute Gasteiger partial charge is 0.351 e. The minimum Gasteiger partial charge on any atom is -0.351 e. The fraction of sp³-hybridized carbons (Fsp3) is 0.522. The van der Waals surface area contributed by atoms with E-state index in [-0.39, 0.29) is 17.2 Å². The van der Waals surface area contributed by atoms with E-state index in [0.717, 1.165) is 61.4 Å². The zero-order chi connectivity index (χ0) is 20.6. The second-order valence-corrected chi connectivity index (χ2v) is 8.74. The fourth-order valence-electron chi connectivity index (χ4n) is 4.79. The van der Waals surface area contributed by atoms with Crippen LogP contribution in [0.3, 0.4) is 0 Å². The minimum absolute atomic E-state index is 0.138. The van der Waals surface area contributed by atoms with Gasteiger partial charge in [0.15, 0.2) is 0 Å². The van der Waals surface area contributed by atoms with Crippen LogP contribution in [0.4, 0.5) is 0 Å². The molecule has 4 rings (SSSR count). The van der Waals surface area contributed by atoms with Gasteiger partial charge in [-0.2, -0.15) is 0 Å². The molecule has 0 aromatic carbocycles. The van der Waals surface area contributed by atoms with Crippen molar-refractivity contribution in [1.82, 2.24) is 19.4 Å². The van der Waals surface area contributed by atoms with Crippen molar-refractivity contribution >= 4 is 11.8 Å². The molecule has 0 atom stereocenters. The van der Waals surface area contributed by atoms with E-state index in [9.17, 15) is 9.59 Å². The standard InChI is InChI=1S/C23H30N4O2/c1-17-14-20(18(2)25(17)3)22(29)26-12-8-23(9-13-26)7-4-21(28)27(16-23)15-19-5-10-24-11-6-19/h5-6,10-11,14H,4,7-9,12-13,15-16H2,1-3H3. The summed E-state index contributed by atoms with van der Waals surface area (Å²) in [6.07, 6.45) is 7.02. The lowest BCUT2D eigenvalue weighted by Gasteiger charge is -2.47. The Balaban J connectivity index is 1.42. The van der Waals surface area contributed by atoms with Gasteiger partial charge in [-0.15, -0.1) is 0 Å². The highest BCUT2D eigenvalue weighted by Crippen LogP contribution is 2.41. The number of hydrogen-bond acceptors (Lipinski definition) is 3. The molecular formula is C23H30N4O2. The van der Waals surface area contributed by atoms with E-state index in [1.54, 1.807) is 12.4 Å². The van der Waals surface area contributed by atoms with Crippen molar-refractivity contribution in [2.24, 2.45) is 12.5 Å². The lowest BCUT2D eigenvalue weighted by Crippen LogP contribution is -2.52. The number of hydrogen-bond donors (Lipinski definition) is 0. The first-order chi connectivity index (χ1) is 13.9. The molecule has 0 unspecified atom stereocenters. The first kappa shape index (κ1) is 19.7. The molecule has 0 N–H and O–H groups in total. The molecule has 2 aromatic rings. The number of carbonyl (C=O) groups excluding carboxylic acids is 2. The summed E-state index contributed by atoms with van der Waals surface area (Å²) >= 11 is 0. The average molecular weight is 395 g/mol. The monoisotopic (exact) mass is 394 g/mol. The Kier molecular flexibility index (Phi) is 5.19. The van der Waals surface area contributed by atoms with Crippen LogP contribution < -0.4 is 0 Å². The highest BCUT2D eigenvalue weighted by molar-refractivity contribution is 5.95. The molecule has 2 aromatic heterocycles. The number of rotatable bonds is 3. The van der Waals surface area contributed by atoms with Gasteiger partial charge in [0, 0.05) is 63.4 Å². The smallest absolute Gasteiger partial charge is 0.255 e. The average Bonchev–Trinajstić information content (AvgIpc) is 2.99. The van der Waals surface area contributed by atoms with E-state index in [0.29, 0.717) is 13.0 Å². The molecule has 2 saturated heterocycles. The first-order valence-electron chi connectivity index (χ1n) is 10.5. The summed E-state index contributed by atoms with van der Waals surface area (Å²) in [6, 6.07) is 5.94. The van der Waals surface area contributed by atoms with E-state index in [1.807, 2.05) is 48.9 Å². The third kappa shape index (κ3) is 3.80. The molecule has 2 fully saturated rings. The maximum absolute atomic E-state index is 13.1. The topological polar surface area (TPSA) is 58.4 Å². The van der Waals surface area contributed by atoms with Gasteiger partial charge in [0.25, 0.3) is 5.91 Å². The predicted octanol–water partition coefficient (Wildman–Crippen LogP) is 3.08. The van der Waals surface area contributed by atoms with Gasteiger partial charge < -0.3 is 14.4 Å². The number of nitrogens with zero attached hydrogens (tertiary/aromatic N) is 4. The van der Waals surface area contributed by atoms with Gasteiger partial charge >= 0.3 is 0 Å². The van der Waals surface area contributed by atoms with Crippen LogP contribution in [-0.2, 0) is 18.4 Å². The number of pyridine rings is 1. The second kappa shape index (κ2) is 7.65. The summed E-state index contributed by atoms with van der Waals surface area (Å²) in [5.74, 6) is 0.378. The van der Waals surface area contributed by atoms with Crippen molar-refractivity contribution in [2.45, 2.75) is 46.1 Å². The normalized spacial score (nSPS) is 19.1. The van der Waals surface area contributed by atoms with E-state index in [4.69, 9.17) is 0 Å². The highest BCUT2D eigenvalue weighted by atomic mass is 16.2. The van der Waals surface area contributed by atoms with Gasteiger partial charge in [-0.3, -0.25) is 14.6 Å². The SMILES string of the molecule is Cc1cc(C(=O)N2CCC3(CCC(=O)N(Cc4ccncc4)C3)CC2)c(C)n1C. The molecule has 2 amide bonds. The van der Waals surface area contributed by atoms with Crippen LogP contribution >= 0.6 is 0 Å². The summed E-state index contributed by atoms with van der Waals surface area (Å²) in [5.41, 5.74) is 4.21. The third-order valence-electron chi connectivity index (χ3n) is 6.99. The molecule has 4 heterocycles. The molecule has 154 valence electrons. The van der Waals surface area contributed by atoms with E-state index < -0.39 is 0 Å². The maximum atomic E-state index is 13.1. The summed E-state index contributed by atoms with van der Waals surface area (Å²) < 4.78 is 2.07. The van der Waals surface area contributed by atoms with Crippen molar-refractivity contribution in [2.75, 3.05) is 19.6 Å². The minimum atomic E-state index is 0.138. The number of likely N-dealkylation sites (tertiary alicyclic amines) is 2. The van der Waals surface area contributed by atoms with Crippen LogP contribution in [0.1, 0.15) is 53.0 Å². The quantitative estimate of drug-likeness (QED) is 0.804. The number of carbonyl (C=O) groups is 2. The lowest BCUT2D eigenvalue weighted by atomic mass is 9.72. The molecule has 0 aliphatic carbocycles. The Morgan fingerprint density at radius 1 is 1.14 bits per heavy atom. The zero-order valence-electron chi connectivity index (χ0n) is 17.6. The second-order valence-electron chi connectivity index (χ2n) is 8.74. The Bertz CT molecular complexity index is 910. The highest BCUT2D eigenvalue weighted by Gasteiger charge is 2.42. The Hall–Kier alpha value is -2.63. The summed E-state index contributed by atoms with van der Waals surface area (Å²) in [6.45, 7) is 7.02. The summed E-state index contributed by atoms with van der Waals surface area (Å²) in [5, 5.41) is 0. The molecule has 2 aliphatic rings. The number of piperidine rings is 2. The zero-order valence-corrected chi connectivity index (χ0v) is 17.6. The summed E-state index contributed by atoms with van der Waals surface area (Å²) in [7, 11) is 2.00. The van der Waals surface area contributed by atoms with Gasteiger partial charge in [-0.1, -0.05) is 0 Å². The van der Waals surface area contributed by atoms with Gasteiger partial charge in [-0.05, 0) is 62.3 Å².